The molecule has 1 aliphatic heterocycles. The maximum Gasteiger partial charge on any atom is 0.253 e. The molecule has 132 valence electrons. The van der Waals surface area contributed by atoms with Crippen LogP contribution in [0, 0.1) is 6.92 Å². The topological polar surface area (TPSA) is 59.2 Å². The smallest absolute Gasteiger partial charge is 0.253 e. The summed E-state index contributed by atoms with van der Waals surface area (Å²) in [5, 5.41) is 8.29. The maximum absolute atomic E-state index is 12.5. The van der Waals surface area contributed by atoms with E-state index in [2.05, 4.69) is 10.2 Å². The van der Waals surface area contributed by atoms with Gasteiger partial charge in [-0.15, -0.1) is 10.2 Å². The fourth-order valence-corrected chi connectivity index (χ4v) is 3.27. The summed E-state index contributed by atoms with van der Waals surface area (Å²) in [6.07, 6.45) is 3.39. The van der Waals surface area contributed by atoms with Gasteiger partial charge in [0, 0.05) is 29.8 Å². The van der Waals surface area contributed by atoms with Crippen molar-refractivity contribution in [1.29, 1.82) is 0 Å². The van der Waals surface area contributed by atoms with Crippen LogP contribution in [-0.4, -0.2) is 34.1 Å². The number of carbonyl (C=O) groups excluding carboxylic acids is 1. The lowest BCUT2D eigenvalue weighted by atomic mass is 10.1. The Morgan fingerprint density at radius 3 is 2.31 bits per heavy atom. The number of nitrogens with zero attached hydrogens (tertiary/aromatic N) is 3. The third kappa shape index (κ3) is 3.38. The van der Waals surface area contributed by atoms with Crippen LogP contribution in [0.1, 0.15) is 35.2 Å². The van der Waals surface area contributed by atoms with Crippen molar-refractivity contribution in [3.8, 4) is 22.9 Å². The second kappa shape index (κ2) is 7.12. The van der Waals surface area contributed by atoms with Gasteiger partial charge in [-0.3, -0.25) is 4.79 Å². The zero-order valence-corrected chi connectivity index (χ0v) is 14.8. The van der Waals surface area contributed by atoms with E-state index in [1.54, 1.807) is 0 Å². The molecule has 0 aliphatic carbocycles. The van der Waals surface area contributed by atoms with Gasteiger partial charge in [0.05, 0.1) is 0 Å². The van der Waals surface area contributed by atoms with Crippen LogP contribution in [0.4, 0.5) is 0 Å². The minimum Gasteiger partial charge on any atom is -0.416 e. The summed E-state index contributed by atoms with van der Waals surface area (Å²) in [4.78, 5) is 14.5. The molecule has 0 unspecified atom stereocenters. The van der Waals surface area contributed by atoms with Gasteiger partial charge in [-0.25, -0.2) is 0 Å². The zero-order chi connectivity index (χ0) is 17.9. The molecule has 0 atom stereocenters. The summed E-state index contributed by atoms with van der Waals surface area (Å²) in [5.41, 5.74) is 3.56. The summed E-state index contributed by atoms with van der Waals surface area (Å²) in [7, 11) is 0. The van der Waals surface area contributed by atoms with E-state index >= 15 is 0 Å². The average molecular weight is 347 g/mol. The van der Waals surface area contributed by atoms with Crippen LogP contribution in [-0.2, 0) is 0 Å². The molecule has 1 amide bonds. The van der Waals surface area contributed by atoms with Crippen LogP contribution in [0.2, 0.25) is 0 Å². The molecule has 1 saturated heterocycles. The molecule has 5 heteroatoms. The highest BCUT2D eigenvalue weighted by molar-refractivity contribution is 5.94. The van der Waals surface area contributed by atoms with Crippen LogP contribution in [0.15, 0.2) is 52.9 Å². The average Bonchev–Trinajstić information content (AvgIpc) is 3.18. The third-order valence-corrected chi connectivity index (χ3v) is 4.71. The molecule has 0 bridgehead atoms. The molecule has 0 N–H and O–H groups in total. The molecular weight excluding hydrogens is 326 g/mol. The number of amides is 1. The Labute approximate surface area is 152 Å². The van der Waals surface area contributed by atoms with E-state index in [4.69, 9.17) is 4.42 Å². The zero-order valence-electron chi connectivity index (χ0n) is 14.8. The molecule has 26 heavy (non-hydrogen) atoms. The van der Waals surface area contributed by atoms with Gasteiger partial charge in [0.25, 0.3) is 5.91 Å². The minimum atomic E-state index is 0.0993. The number of benzene rings is 2. The molecule has 1 fully saturated rings. The van der Waals surface area contributed by atoms with Crippen molar-refractivity contribution in [2.24, 2.45) is 0 Å². The lowest BCUT2D eigenvalue weighted by Gasteiger charge is -2.26. The molecule has 0 saturated carbocycles. The first-order valence-corrected chi connectivity index (χ1v) is 9.01. The second-order valence-electron chi connectivity index (χ2n) is 6.71. The number of likely N-dealkylation sites (tertiary alicyclic amines) is 1. The third-order valence-electron chi connectivity index (χ3n) is 4.71. The van der Waals surface area contributed by atoms with Crippen LogP contribution in [0.3, 0.4) is 0 Å². The van der Waals surface area contributed by atoms with E-state index in [0.717, 1.165) is 42.6 Å². The van der Waals surface area contributed by atoms with Crippen LogP contribution >= 0.6 is 0 Å². The van der Waals surface area contributed by atoms with Gasteiger partial charge in [-0.05, 0) is 62.6 Å². The maximum atomic E-state index is 12.5. The molecule has 2 aromatic carbocycles. The molecule has 0 radical (unpaired) electrons. The first-order chi connectivity index (χ1) is 12.7. The molecule has 0 spiro atoms. The summed E-state index contributed by atoms with van der Waals surface area (Å²) in [5.74, 6) is 1.05. The van der Waals surface area contributed by atoms with Crippen molar-refractivity contribution in [1.82, 2.24) is 15.1 Å². The van der Waals surface area contributed by atoms with Crippen molar-refractivity contribution < 1.29 is 9.21 Å². The molecule has 5 nitrogen and oxygen atoms in total. The Morgan fingerprint density at radius 2 is 1.62 bits per heavy atom. The molecule has 1 aliphatic rings. The van der Waals surface area contributed by atoms with Gasteiger partial charge in [-0.2, -0.15) is 0 Å². The van der Waals surface area contributed by atoms with E-state index in [0.29, 0.717) is 17.3 Å². The quantitative estimate of drug-likeness (QED) is 0.707. The summed E-state index contributed by atoms with van der Waals surface area (Å²) in [6, 6.07) is 15.4. The molecule has 2 heterocycles. The van der Waals surface area contributed by atoms with Crippen molar-refractivity contribution in [2.45, 2.75) is 26.2 Å². The Hall–Kier alpha value is -2.95. The highest BCUT2D eigenvalue weighted by atomic mass is 16.4. The number of aryl methyl sites for hydroxylation is 1. The van der Waals surface area contributed by atoms with Gasteiger partial charge in [-0.1, -0.05) is 17.7 Å². The normalized spacial score (nSPS) is 14.4. The predicted molar refractivity (Wildman–Crippen MR) is 99.7 cm³/mol. The Bertz CT molecular complexity index is 909. The van der Waals surface area contributed by atoms with Crippen molar-refractivity contribution in [3.63, 3.8) is 0 Å². The number of hydrogen-bond donors (Lipinski definition) is 0. The fraction of sp³-hybridized carbons (Fsp3) is 0.286. The Morgan fingerprint density at radius 1 is 0.923 bits per heavy atom. The van der Waals surface area contributed by atoms with Gasteiger partial charge >= 0.3 is 0 Å². The SMILES string of the molecule is Cc1cccc(-c2nnc(-c3ccc(C(=O)N4CCCCC4)cc3)o2)c1. The van der Waals surface area contributed by atoms with E-state index < -0.39 is 0 Å². The predicted octanol–water partition coefficient (Wildman–Crippen LogP) is 4.34. The highest BCUT2D eigenvalue weighted by Gasteiger charge is 2.18. The lowest BCUT2D eigenvalue weighted by Crippen LogP contribution is -2.35. The number of piperidine rings is 1. The van der Waals surface area contributed by atoms with E-state index in [1.807, 2.05) is 60.4 Å². The standard InChI is InChI=1S/C21H21N3O2/c1-15-6-5-7-18(14-15)20-23-22-19(26-20)16-8-10-17(11-9-16)21(25)24-12-3-2-4-13-24/h5-11,14H,2-4,12-13H2,1H3. The lowest BCUT2D eigenvalue weighted by molar-refractivity contribution is 0.0724. The van der Waals surface area contributed by atoms with Gasteiger partial charge in [0.1, 0.15) is 0 Å². The van der Waals surface area contributed by atoms with E-state index in [9.17, 15) is 4.79 Å². The highest BCUT2D eigenvalue weighted by Crippen LogP contribution is 2.25. The Balaban J connectivity index is 1.53. The monoisotopic (exact) mass is 347 g/mol. The van der Waals surface area contributed by atoms with Crippen molar-refractivity contribution in [3.05, 3.63) is 59.7 Å². The number of carbonyl (C=O) groups is 1. The number of hydrogen-bond acceptors (Lipinski definition) is 4. The second-order valence-corrected chi connectivity index (χ2v) is 6.71. The molecule has 3 aromatic rings. The van der Waals surface area contributed by atoms with Gasteiger partial charge in [0.15, 0.2) is 0 Å². The van der Waals surface area contributed by atoms with Crippen molar-refractivity contribution >= 4 is 5.91 Å². The van der Waals surface area contributed by atoms with Gasteiger partial charge in [0.2, 0.25) is 11.8 Å². The molecule has 1 aromatic heterocycles. The minimum absolute atomic E-state index is 0.0993. The summed E-state index contributed by atoms with van der Waals surface area (Å²) < 4.78 is 5.81. The number of rotatable bonds is 3. The van der Waals surface area contributed by atoms with Crippen molar-refractivity contribution in [2.75, 3.05) is 13.1 Å². The van der Waals surface area contributed by atoms with Crippen LogP contribution < -0.4 is 0 Å². The fourth-order valence-electron chi connectivity index (χ4n) is 3.27. The summed E-state index contributed by atoms with van der Waals surface area (Å²) >= 11 is 0. The van der Waals surface area contributed by atoms with Crippen LogP contribution in [0.5, 0.6) is 0 Å². The van der Waals surface area contributed by atoms with Crippen LogP contribution in [0.25, 0.3) is 22.9 Å². The Kier molecular flexibility index (Phi) is 4.52. The first-order valence-electron chi connectivity index (χ1n) is 9.01. The summed E-state index contributed by atoms with van der Waals surface area (Å²) in [6.45, 7) is 3.73. The largest absolute Gasteiger partial charge is 0.416 e. The van der Waals surface area contributed by atoms with E-state index in [-0.39, 0.29) is 5.91 Å². The molecular formula is C21H21N3O2. The van der Waals surface area contributed by atoms with E-state index in [1.165, 1.54) is 6.42 Å². The first kappa shape index (κ1) is 16.5. The van der Waals surface area contributed by atoms with Gasteiger partial charge < -0.3 is 9.32 Å². The molecule has 4 rings (SSSR count). The number of aromatic nitrogens is 2.